The molecule has 132 valence electrons. The number of rotatable bonds is 4. The van der Waals surface area contributed by atoms with Crippen LogP contribution in [-0.4, -0.2) is 35.0 Å². The standard InChI is InChI=1S/C18H28BNO4/c1-16(2,3)22-13-10-11-20-15(14(13)21-12-8-9-12)19-23-17(4,5)18(6,7)24-19/h10-12H,8-9H2,1-7H3. The lowest BCUT2D eigenvalue weighted by atomic mass is 9.83. The largest absolute Gasteiger partial charge is 0.518 e. The van der Waals surface area contributed by atoms with Gasteiger partial charge in [0, 0.05) is 12.3 Å². The van der Waals surface area contributed by atoms with Crippen molar-refractivity contribution in [2.24, 2.45) is 0 Å². The van der Waals surface area contributed by atoms with Gasteiger partial charge in [-0.1, -0.05) is 0 Å². The van der Waals surface area contributed by atoms with Gasteiger partial charge in [-0.3, -0.25) is 4.98 Å². The average Bonchev–Trinajstić information content (AvgIpc) is 3.17. The third-order valence-electron chi connectivity index (χ3n) is 4.60. The van der Waals surface area contributed by atoms with Crippen molar-refractivity contribution in [1.29, 1.82) is 0 Å². The highest BCUT2D eigenvalue weighted by Crippen LogP contribution is 2.39. The van der Waals surface area contributed by atoms with Crippen molar-refractivity contribution in [3.05, 3.63) is 12.3 Å². The van der Waals surface area contributed by atoms with Gasteiger partial charge in [0.15, 0.2) is 11.5 Å². The third kappa shape index (κ3) is 3.54. The first-order chi connectivity index (χ1) is 11.0. The summed E-state index contributed by atoms with van der Waals surface area (Å²) in [5.41, 5.74) is -0.507. The summed E-state index contributed by atoms with van der Waals surface area (Å²) in [4.78, 5) is 4.51. The molecule has 0 N–H and O–H groups in total. The number of nitrogens with zero attached hydrogens (tertiary/aromatic N) is 1. The van der Waals surface area contributed by atoms with Gasteiger partial charge in [0.25, 0.3) is 0 Å². The maximum atomic E-state index is 6.16. The zero-order valence-electron chi connectivity index (χ0n) is 15.8. The molecule has 2 fully saturated rings. The van der Waals surface area contributed by atoms with E-state index < -0.39 is 18.3 Å². The van der Waals surface area contributed by atoms with Gasteiger partial charge in [-0.15, -0.1) is 0 Å². The third-order valence-corrected chi connectivity index (χ3v) is 4.60. The molecular formula is C18H28BNO4. The summed E-state index contributed by atoms with van der Waals surface area (Å²) in [5, 5.41) is 0. The van der Waals surface area contributed by atoms with Crippen molar-refractivity contribution in [3.8, 4) is 11.5 Å². The molecule has 1 saturated carbocycles. The van der Waals surface area contributed by atoms with Crippen molar-refractivity contribution >= 4 is 12.7 Å². The van der Waals surface area contributed by atoms with E-state index >= 15 is 0 Å². The molecule has 0 bridgehead atoms. The Bertz CT molecular complexity index is 604. The molecule has 0 atom stereocenters. The lowest BCUT2D eigenvalue weighted by Gasteiger charge is -2.32. The quantitative estimate of drug-likeness (QED) is 0.793. The average molecular weight is 333 g/mol. The summed E-state index contributed by atoms with van der Waals surface area (Å²) in [6.45, 7) is 14.2. The van der Waals surface area contributed by atoms with Crippen LogP contribution in [0.25, 0.3) is 0 Å². The molecule has 1 aromatic rings. The molecule has 1 aliphatic carbocycles. The molecule has 2 aliphatic rings. The Hall–Kier alpha value is -1.27. The molecule has 1 saturated heterocycles. The summed E-state index contributed by atoms with van der Waals surface area (Å²) in [5.74, 6) is 1.34. The van der Waals surface area contributed by atoms with Gasteiger partial charge in [0.05, 0.1) is 17.3 Å². The molecule has 24 heavy (non-hydrogen) atoms. The molecule has 0 aromatic carbocycles. The highest BCUT2D eigenvalue weighted by Gasteiger charge is 2.53. The van der Waals surface area contributed by atoms with Crippen LogP contribution in [0.3, 0.4) is 0 Å². The number of aromatic nitrogens is 1. The Balaban J connectivity index is 1.96. The van der Waals surface area contributed by atoms with Crippen LogP contribution in [0.4, 0.5) is 0 Å². The second kappa shape index (κ2) is 5.63. The zero-order valence-corrected chi connectivity index (χ0v) is 15.8. The van der Waals surface area contributed by atoms with E-state index in [2.05, 4.69) is 4.98 Å². The Labute approximate surface area is 145 Å². The fraction of sp³-hybridized carbons (Fsp3) is 0.722. The van der Waals surface area contributed by atoms with Gasteiger partial charge in [-0.25, -0.2) is 0 Å². The van der Waals surface area contributed by atoms with Crippen molar-refractivity contribution in [2.45, 2.75) is 84.2 Å². The van der Waals surface area contributed by atoms with Crippen molar-refractivity contribution in [1.82, 2.24) is 4.98 Å². The summed E-state index contributed by atoms with van der Waals surface area (Å²) >= 11 is 0. The Kier molecular flexibility index (Phi) is 4.12. The first-order valence-corrected chi connectivity index (χ1v) is 8.69. The van der Waals surface area contributed by atoms with Gasteiger partial charge >= 0.3 is 7.12 Å². The number of ether oxygens (including phenoxy) is 2. The Morgan fingerprint density at radius 2 is 1.71 bits per heavy atom. The SMILES string of the molecule is CC(C)(C)Oc1ccnc(B2OC(C)(C)C(C)(C)O2)c1OC1CC1. The molecule has 6 heteroatoms. The number of pyridine rings is 1. The molecule has 3 rings (SSSR count). The normalized spacial score (nSPS) is 22.5. The van der Waals surface area contributed by atoms with Crippen LogP contribution in [0.5, 0.6) is 11.5 Å². The summed E-state index contributed by atoms with van der Waals surface area (Å²) in [6.07, 6.45) is 4.08. The molecule has 0 radical (unpaired) electrons. The highest BCUT2D eigenvalue weighted by atomic mass is 16.7. The van der Waals surface area contributed by atoms with Crippen LogP contribution in [0.2, 0.25) is 0 Å². The van der Waals surface area contributed by atoms with Crippen molar-refractivity contribution in [3.63, 3.8) is 0 Å². The lowest BCUT2D eigenvalue weighted by Crippen LogP contribution is -2.41. The summed E-state index contributed by atoms with van der Waals surface area (Å²) < 4.78 is 24.5. The van der Waals surface area contributed by atoms with Crippen molar-refractivity contribution in [2.75, 3.05) is 0 Å². The van der Waals surface area contributed by atoms with Crippen LogP contribution in [0.1, 0.15) is 61.3 Å². The van der Waals surface area contributed by atoms with Gasteiger partial charge in [-0.05, 0) is 61.3 Å². The topological polar surface area (TPSA) is 49.8 Å². The molecule has 1 aliphatic heterocycles. The maximum Gasteiger partial charge on any atom is 0.518 e. The van der Waals surface area contributed by atoms with E-state index in [0.29, 0.717) is 17.1 Å². The van der Waals surface area contributed by atoms with E-state index in [1.54, 1.807) is 6.20 Å². The van der Waals surface area contributed by atoms with Gasteiger partial charge < -0.3 is 18.8 Å². The van der Waals surface area contributed by atoms with E-state index in [0.717, 1.165) is 12.8 Å². The molecule has 0 unspecified atom stereocenters. The minimum atomic E-state index is -0.563. The van der Waals surface area contributed by atoms with Crippen molar-refractivity contribution < 1.29 is 18.8 Å². The van der Waals surface area contributed by atoms with E-state index in [-0.39, 0.29) is 11.7 Å². The Morgan fingerprint density at radius 3 is 2.21 bits per heavy atom. The molecular weight excluding hydrogens is 305 g/mol. The minimum Gasteiger partial charge on any atom is -0.485 e. The van der Waals surface area contributed by atoms with E-state index in [1.807, 2.05) is 54.5 Å². The first-order valence-electron chi connectivity index (χ1n) is 8.69. The number of hydrogen-bond donors (Lipinski definition) is 0. The highest BCUT2D eigenvalue weighted by molar-refractivity contribution is 6.62. The predicted molar refractivity (Wildman–Crippen MR) is 94.0 cm³/mol. The summed E-state index contributed by atoms with van der Waals surface area (Å²) in [6, 6.07) is 1.84. The maximum absolute atomic E-state index is 6.16. The monoisotopic (exact) mass is 333 g/mol. The lowest BCUT2D eigenvalue weighted by molar-refractivity contribution is 0.00578. The molecule has 5 nitrogen and oxygen atoms in total. The minimum absolute atomic E-state index is 0.234. The van der Waals surface area contributed by atoms with E-state index in [9.17, 15) is 0 Å². The molecule has 0 spiro atoms. The van der Waals surface area contributed by atoms with E-state index in [1.165, 1.54) is 0 Å². The fourth-order valence-corrected chi connectivity index (χ4v) is 2.45. The van der Waals surface area contributed by atoms with Crippen LogP contribution < -0.4 is 15.1 Å². The van der Waals surface area contributed by atoms with Crippen LogP contribution in [0, 0.1) is 0 Å². The van der Waals surface area contributed by atoms with E-state index in [4.69, 9.17) is 18.8 Å². The Morgan fingerprint density at radius 1 is 1.12 bits per heavy atom. The predicted octanol–water partition coefficient (Wildman–Crippen LogP) is 3.10. The molecule has 0 amide bonds. The summed E-state index contributed by atoms with van der Waals surface area (Å²) in [7, 11) is -0.563. The van der Waals surface area contributed by atoms with Crippen LogP contribution >= 0.6 is 0 Å². The van der Waals surface area contributed by atoms with Gasteiger partial charge in [-0.2, -0.15) is 0 Å². The van der Waals surface area contributed by atoms with Crippen LogP contribution in [0.15, 0.2) is 12.3 Å². The first kappa shape index (κ1) is 17.6. The number of hydrogen-bond acceptors (Lipinski definition) is 5. The smallest absolute Gasteiger partial charge is 0.485 e. The van der Waals surface area contributed by atoms with Crippen LogP contribution in [-0.2, 0) is 9.31 Å². The molecule has 2 heterocycles. The second-order valence-electron chi connectivity index (χ2n) is 8.64. The molecule has 1 aromatic heterocycles. The van der Waals surface area contributed by atoms with Gasteiger partial charge in [0.1, 0.15) is 11.2 Å². The zero-order chi connectivity index (χ0) is 17.8. The van der Waals surface area contributed by atoms with Gasteiger partial charge in [0.2, 0.25) is 0 Å². The second-order valence-corrected chi connectivity index (χ2v) is 8.64. The fourth-order valence-electron chi connectivity index (χ4n) is 2.45.